The van der Waals surface area contributed by atoms with Gasteiger partial charge < -0.3 is 8.83 Å². The van der Waals surface area contributed by atoms with Crippen molar-refractivity contribution in [2.75, 3.05) is 5.01 Å². The van der Waals surface area contributed by atoms with E-state index in [4.69, 9.17) is 14.4 Å². The number of hydrogen-bond donors (Lipinski definition) is 0. The third-order valence-corrected chi connectivity index (χ3v) is 5.03. The van der Waals surface area contributed by atoms with Crippen molar-refractivity contribution in [2.24, 2.45) is 10.2 Å². The smallest absolute Gasteiger partial charge is 0.261 e. The molecule has 0 bridgehead atoms. The third kappa shape index (κ3) is 2.77. The van der Waals surface area contributed by atoms with E-state index >= 15 is 0 Å². The monoisotopic (exact) mass is 368 g/mol. The lowest BCUT2D eigenvalue weighted by Gasteiger charge is -2.18. The Morgan fingerprint density at radius 1 is 1.38 bits per heavy atom. The molecular weight excluding hydrogens is 356 g/mol. The van der Waals surface area contributed by atoms with Crippen molar-refractivity contribution in [1.29, 1.82) is 0 Å². The first-order valence-corrected chi connectivity index (χ1v) is 8.50. The van der Waals surface area contributed by atoms with Gasteiger partial charge in [0.05, 0.1) is 18.2 Å². The summed E-state index contributed by atoms with van der Waals surface area (Å²) in [4.78, 5) is 19.2. The van der Waals surface area contributed by atoms with E-state index in [1.165, 1.54) is 0 Å². The highest BCUT2D eigenvalue weighted by Gasteiger charge is 2.35. The van der Waals surface area contributed by atoms with Gasteiger partial charge >= 0.3 is 0 Å². The fraction of sp³-hybridized carbons (Fsp3) is 0.188. The van der Waals surface area contributed by atoms with Crippen LogP contribution in [0.4, 0.5) is 5.13 Å². The van der Waals surface area contributed by atoms with Gasteiger partial charge in [-0.15, -0.1) is 0 Å². The van der Waals surface area contributed by atoms with Gasteiger partial charge in [0.1, 0.15) is 28.2 Å². The Morgan fingerprint density at radius 2 is 2.19 bits per heavy atom. The van der Waals surface area contributed by atoms with E-state index in [0.717, 1.165) is 22.8 Å². The molecule has 4 rings (SSSR count). The van der Waals surface area contributed by atoms with Crippen LogP contribution in [-0.4, -0.2) is 16.6 Å². The molecule has 0 saturated carbocycles. The highest BCUT2D eigenvalue weighted by Crippen LogP contribution is 2.39. The number of carbonyl (C=O) groups is 1. The number of anilines is 1. The van der Waals surface area contributed by atoms with Crippen LogP contribution in [0, 0.1) is 6.92 Å². The standard InChI is InChI=1S/C16H12N6O3S/c1-9-14(15(23)19-21-17)26-16(18-9)22-11(13-5-3-7-25-13)8-10(20-22)12-4-2-6-24-12/h2-7,11H,8H2,1H3. The highest BCUT2D eigenvalue weighted by atomic mass is 32.1. The number of aromatic nitrogens is 1. The van der Waals surface area contributed by atoms with Gasteiger partial charge in [0.2, 0.25) is 5.13 Å². The summed E-state index contributed by atoms with van der Waals surface area (Å²) in [5.74, 6) is 0.742. The van der Waals surface area contributed by atoms with Crippen LogP contribution in [-0.2, 0) is 0 Å². The van der Waals surface area contributed by atoms with Gasteiger partial charge in [-0.2, -0.15) is 5.10 Å². The molecule has 0 N–H and O–H groups in total. The van der Waals surface area contributed by atoms with Gasteiger partial charge in [-0.1, -0.05) is 11.3 Å². The van der Waals surface area contributed by atoms with Gasteiger partial charge in [-0.25, -0.2) is 9.99 Å². The number of azide groups is 1. The van der Waals surface area contributed by atoms with E-state index in [1.807, 2.05) is 18.2 Å². The van der Waals surface area contributed by atoms with Crippen molar-refractivity contribution in [3.63, 3.8) is 0 Å². The van der Waals surface area contributed by atoms with E-state index in [2.05, 4.69) is 20.1 Å². The van der Waals surface area contributed by atoms with Crippen LogP contribution >= 0.6 is 11.3 Å². The maximum Gasteiger partial charge on any atom is 0.261 e. The minimum Gasteiger partial charge on any atom is -0.467 e. The molecule has 4 heterocycles. The second-order valence-corrected chi connectivity index (χ2v) is 6.49. The van der Waals surface area contributed by atoms with Crippen LogP contribution in [0.5, 0.6) is 0 Å². The summed E-state index contributed by atoms with van der Waals surface area (Å²) in [7, 11) is 0. The van der Waals surface area contributed by atoms with Crippen LogP contribution < -0.4 is 5.01 Å². The summed E-state index contributed by atoms with van der Waals surface area (Å²) in [5.41, 5.74) is 9.73. The van der Waals surface area contributed by atoms with E-state index < -0.39 is 5.91 Å². The number of hydrogen-bond acceptors (Lipinski definition) is 7. The molecule has 9 nitrogen and oxygen atoms in total. The van der Waals surface area contributed by atoms with Crippen LogP contribution in [0.25, 0.3) is 10.4 Å². The zero-order chi connectivity index (χ0) is 18.1. The molecule has 130 valence electrons. The van der Waals surface area contributed by atoms with E-state index in [9.17, 15) is 4.79 Å². The lowest BCUT2D eigenvalue weighted by molar-refractivity contribution is 0.100. The van der Waals surface area contributed by atoms with Crippen molar-refractivity contribution in [3.05, 3.63) is 69.3 Å². The topological polar surface area (TPSA) is 121 Å². The molecule has 10 heteroatoms. The molecule has 3 aromatic rings. The number of hydrazone groups is 1. The zero-order valence-corrected chi connectivity index (χ0v) is 14.4. The van der Waals surface area contributed by atoms with E-state index in [1.54, 1.807) is 30.5 Å². The number of thiazole rings is 1. The van der Waals surface area contributed by atoms with Crippen molar-refractivity contribution in [3.8, 4) is 0 Å². The predicted molar refractivity (Wildman–Crippen MR) is 94.1 cm³/mol. The molecule has 0 fully saturated rings. The minimum atomic E-state index is -0.655. The largest absolute Gasteiger partial charge is 0.467 e. The Morgan fingerprint density at radius 3 is 2.88 bits per heavy atom. The molecule has 1 atom stereocenters. The van der Waals surface area contributed by atoms with Gasteiger partial charge in [-0.05, 0) is 41.8 Å². The normalized spacial score (nSPS) is 16.4. The fourth-order valence-corrected chi connectivity index (χ4v) is 3.69. The van der Waals surface area contributed by atoms with Gasteiger partial charge in [0.25, 0.3) is 5.91 Å². The summed E-state index contributed by atoms with van der Waals surface area (Å²) in [6.07, 6.45) is 3.76. The maximum absolute atomic E-state index is 11.9. The maximum atomic E-state index is 11.9. The van der Waals surface area contributed by atoms with E-state index in [0.29, 0.717) is 23.0 Å². The van der Waals surface area contributed by atoms with Gasteiger partial charge in [0.15, 0.2) is 0 Å². The molecule has 0 radical (unpaired) electrons. The van der Waals surface area contributed by atoms with Crippen molar-refractivity contribution < 1.29 is 13.6 Å². The summed E-state index contributed by atoms with van der Waals surface area (Å²) in [6, 6.07) is 7.10. The van der Waals surface area contributed by atoms with Crippen LogP contribution in [0.15, 0.2) is 55.8 Å². The second-order valence-electron chi connectivity index (χ2n) is 5.51. The second kappa shape index (κ2) is 6.51. The first-order chi connectivity index (χ1) is 12.7. The molecule has 1 aliphatic rings. The third-order valence-electron chi connectivity index (χ3n) is 3.90. The Labute approximate surface area is 151 Å². The Bertz CT molecular complexity index is 1010. The van der Waals surface area contributed by atoms with Crippen LogP contribution in [0.3, 0.4) is 0 Å². The molecule has 26 heavy (non-hydrogen) atoms. The first-order valence-electron chi connectivity index (χ1n) is 7.68. The average Bonchev–Trinajstić information content (AvgIpc) is 3.39. The number of aryl methyl sites for hydroxylation is 1. The average molecular weight is 368 g/mol. The molecular formula is C16H12N6O3S. The fourth-order valence-electron chi connectivity index (χ4n) is 2.75. The zero-order valence-electron chi connectivity index (χ0n) is 13.6. The lowest BCUT2D eigenvalue weighted by atomic mass is 10.1. The molecule has 0 spiro atoms. The summed E-state index contributed by atoms with van der Waals surface area (Å²) in [5, 5.41) is 10.00. The number of furan rings is 2. The molecule has 0 aromatic carbocycles. The van der Waals surface area contributed by atoms with E-state index in [-0.39, 0.29) is 10.9 Å². The lowest BCUT2D eigenvalue weighted by Crippen LogP contribution is -2.17. The predicted octanol–water partition coefficient (Wildman–Crippen LogP) is 4.44. The van der Waals surface area contributed by atoms with Crippen LogP contribution in [0.1, 0.15) is 39.3 Å². The number of carbonyl (C=O) groups excluding carboxylic acids is 1. The Balaban J connectivity index is 1.75. The molecule has 0 aliphatic carbocycles. The minimum absolute atomic E-state index is 0.210. The summed E-state index contributed by atoms with van der Waals surface area (Å²) in [6.45, 7) is 1.69. The van der Waals surface area contributed by atoms with Crippen molar-refractivity contribution >= 4 is 28.1 Å². The van der Waals surface area contributed by atoms with Crippen molar-refractivity contribution in [2.45, 2.75) is 19.4 Å². The van der Waals surface area contributed by atoms with Crippen LogP contribution in [0.2, 0.25) is 0 Å². The Kier molecular flexibility index (Phi) is 4.04. The molecule has 1 aliphatic heterocycles. The highest BCUT2D eigenvalue weighted by molar-refractivity contribution is 7.17. The summed E-state index contributed by atoms with van der Waals surface area (Å²) < 4.78 is 11.0. The molecule has 0 saturated heterocycles. The summed E-state index contributed by atoms with van der Waals surface area (Å²) >= 11 is 1.13. The number of nitrogens with zero attached hydrogens (tertiary/aromatic N) is 6. The van der Waals surface area contributed by atoms with Gasteiger partial charge in [-0.3, -0.25) is 4.79 Å². The SMILES string of the molecule is Cc1nc(N2N=C(c3ccco3)CC2c2ccco2)sc1C(=O)N=[N+]=[N-]. The number of rotatable bonds is 4. The molecule has 1 amide bonds. The number of amides is 1. The van der Waals surface area contributed by atoms with Gasteiger partial charge in [0, 0.05) is 11.3 Å². The quantitative estimate of drug-likeness (QED) is 0.383. The van der Waals surface area contributed by atoms with Crippen molar-refractivity contribution in [1.82, 2.24) is 4.98 Å². The first kappa shape index (κ1) is 16.1. The Hall–Kier alpha value is -3.36. The molecule has 1 unspecified atom stereocenters. The molecule has 3 aromatic heterocycles.